The van der Waals surface area contributed by atoms with E-state index >= 15 is 0 Å². The average Bonchev–Trinajstić information content (AvgIpc) is 2.59. The summed E-state index contributed by atoms with van der Waals surface area (Å²) < 4.78 is 27.2. The van der Waals surface area contributed by atoms with Gasteiger partial charge < -0.3 is 10.0 Å². The number of nitro benzene ring substituents is 1. The van der Waals surface area contributed by atoms with E-state index in [1.165, 1.54) is 36.4 Å². The predicted molar refractivity (Wildman–Crippen MR) is 97.8 cm³/mol. The fraction of sp³-hybridized carbons (Fsp3) is 0.294. The highest BCUT2D eigenvalue weighted by Crippen LogP contribution is 2.27. The monoisotopic (exact) mass is 380 g/mol. The molecule has 8 nitrogen and oxygen atoms in total. The van der Waals surface area contributed by atoms with E-state index in [1.807, 2.05) is 14.1 Å². The molecule has 0 amide bonds. The molecule has 26 heavy (non-hydrogen) atoms. The van der Waals surface area contributed by atoms with Gasteiger partial charge in [0.25, 0.3) is 15.7 Å². The lowest BCUT2D eigenvalue weighted by atomic mass is 10.2. The fourth-order valence-corrected chi connectivity index (χ4v) is 4.07. The molecule has 2 rings (SSSR count). The summed E-state index contributed by atoms with van der Waals surface area (Å²) in [4.78, 5) is 11.5. The first-order valence-corrected chi connectivity index (χ1v) is 9.45. The molecule has 2 aromatic carbocycles. The number of nitro groups is 1. The van der Waals surface area contributed by atoms with Gasteiger partial charge >= 0.3 is 0 Å². The Hall–Kier alpha value is -2.49. The molecule has 0 aliphatic carbocycles. The van der Waals surface area contributed by atoms with Crippen LogP contribution in [0, 0.1) is 10.1 Å². The lowest BCUT2D eigenvalue weighted by molar-refractivity contribution is -0.861. The third-order valence-electron chi connectivity index (χ3n) is 3.68. The van der Waals surface area contributed by atoms with Crippen molar-refractivity contribution in [2.24, 2.45) is 0 Å². The Labute approximate surface area is 152 Å². The van der Waals surface area contributed by atoms with Crippen molar-refractivity contribution < 1.29 is 23.3 Å². The summed E-state index contributed by atoms with van der Waals surface area (Å²) in [6.07, 6.45) is -0.933. The summed E-state index contributed by atoms with van der Waals surface area (Å²) in [6, 6.07) is 13.2. The number of anilines is 1. The van der Waals surface area contributed by atoms with Crippen LogP contribution < -0.4 is 9.21 Å². The molecule has 9 heteroatoms. The number of sulfonamides is 1. The highest BCUT2D eigenvalue weighted by atomic mass is 32.2. The van der Waals surface area contributed by atoms with E-state index in [2.05, 4.69) is 0 Å². The van der Waals surface area contributed by atoms with Crippen LogP contribution >= 0.6 is 0 Å². The third-order valence-corrected chi connectivity index (χ3v) is 5.49. The topological polar surface area (TPSA) is 105 Å². The van der Waals surface area contributed by atoms with Gasteiger partial charge in [-0.1, -0.05) is 24.3 Å². The Morgan fingerprint density at radius 1 is 1.15 bits per heavy atom. The second-order valence-corrected chi connectivity index (χ2v) is 8.05. The molecule has 0 bridgehead atoms. The number of hydrogen-bond donors (Lipinski definition) is 2. The molecule has 2 N–H and O–H groups in total. The summed E-state index contributed by atoms with van der Waals surface area (Å²) in [5.41, 5.74) is -0.0839. The van der Waals surface area contributed by atoms with Crippen molar-refractivity contribution in [2.45, 2.75) is 11.0 Å². The van der Waals surface area contributed by atoms with E-state index in [1.54, 1.807) is 18.2 Å². The number of benzene rings is 2. The molecule has 1 atom stereocenters. The van der Waals surface area contributed by atoms with Crippen LogP contribution in [0.2, 0.25) is 0 Å². The molecule has 0 radical (unpaired) electrons. The number of likely N-dealkylation sites (N-methyl/N-ethyl adjacent to an activating group) is 1. The van der Waals surface area contributed by atoms with Crippen molar-refractivity contribution in [2.75, 3.05) is 31.5 Å². The minimum Gasteiger partial charge on any atom is -0.385 e. The summed E-state index contributed by atoms with van der Waals surface area (Å²) in [6.45, 7) is 0.124. The van der Waals surface area contributed by atoms with Crippen LogP contribution in [-0.4, -0.2) is 51.7 Å². The van der Waals surface area contributed by atoms with Gasteiger partial charge in [-0.25, -0.2) is 8.42 Å². The number of non-ortho nitro benzene ring substituents is 1. The number of hydrogen-bond acceptors (Lipinski definition) is 5. The predicted octanol–water partition coefficient (Wildman–Crippen LogP) is 0.296. The maximum atomic E-state index is 13.1. The van der Waals surface area contributed by atoms with Crippen LogP contribution in [0.25, 0.3) is 0 Å². The minimum atomic E-state index is -3.99. The van der Waals surface area contributed by atoms with Gasteiger partial charge in [-0.2, -0.15) is 0 Å². The van der Waals surface area contributed by atoms with Crippen molar-refractivity contribution >= 4 is 21.4 Å². The van der Waals surface area contributed by atoms with E-state index in [0.29, 0.717) is 6.54 Å². The molecule has 2 aromatic rings. The highest BCUT2D eigenvalue weighted by Gasteiger charge is 2.28. The number of rotatable bonds is 8. The van der Waals surface area contributed by atoms with Crippen LogP contribution in [0.15, 0.2) is 59.5 Å². The zero-order chi connectivity index (χ0) is 19.3. The van der Waals surface area contributed by atoms with E-state index in [0.717, 1.165) is 9.21 Å². The number of quaternary nitrogens is 1. The van der Waals surface area contributed by atoms with Crippen LogP contribution in [0.3, 0.4) is 0 Å². The molecular weight excluding hydrogens is 358 g/mol. The summed E-state index contributed by atoms with van der Waals surface area (Å²) >= 11 is 0. The maximum Gasteiger partial charge on any atom is 0.271 e. The van der Waals surface area contributed by atoms with E-state index < -0.39 is 21.1 Å². The summed E-state index contributed by atoms with van der Waals surface area (Å²) in [5, 5.41) is 21.3. The van der Waals surface area contributed by atoms with E-state index in [-0.39, 0.29) is 22.8 Å². The van der Waals surface area contributed by atoms with E-state index in [4.69, 9.17) is 0 Å². The van der Waals surface area contributed by atoms with Crippen molar-refractivity contribution in [3.8, 4) is 0 Å². The average molecular weight is 380 g/mol. The zero-order valence-corrected chi connectivity index (χ0v) is 15.4. The lowest BCUT2D eigenvalue weighted by Crippen LogP contribution is -3.07. The van der Waals surface area contributed by atoms with Gasteiger partial charge in [0.05, 0.1) is 36.1 Å². The number of aliphatic hydroxyl groups excluding tert-OH is 1. The van der Waals surface area contributed by atoms with Gasteiger partial charge in [-0.3, -0.25) is 14.4 Å². The first-order valence-electron chi connectivity index (χ1n) is 8.01. The molecule has 0 aliphatic heterocycles. The third kappa shape index (κ3) is 4.78. The Morgan fingerprint density at radius 3 is 2.38 bits per heavy atom. The summed E-state index contributed by atoms with van der Waals surface area (Å²) in [5.74, 6) is 0. The SMILES string of the molecule is C[NH+](C)C[C@@H](O)CN(c1cccc([N+](=O)[O-])c1)S(=O)(=O)c1ccccc1. The Bertz CT molecular complexity index is 856. The number of aliphatic hydroxyl groups is 1. The standard InChI is InChI=1S/C17H21N3O5S/c1-18(2)12-16(21)13-19(14-7-6-8-15(11-14)20(22)23)26(24,25)17-9-4-3-5-10-17/h3-11,16,21H,12-13H2,1-2H3/p+1/t16-/m1/s1. The molecule has 0 saturated carbocycles. The van der Waals surface area contributed by atoms with Crippen LogP contribution in [0.1, 0.15) is 0 Å². The number of nitrogens with zero attached hydrogens (tertiary/aromatic N) is 2. The van der Waals surface area contributed by atoms with Gasteiger partial charge in [0.15, 0.2) is 0 Å². The fourth-order valence-electron chi connectivity index (χ4n) is 2.55. The van der Waals surface area contributed by atoms with Gasteiger partial charge in [-0.05, 0) is 18.2 Å². The van der Waals surface area contributed by atoms with Gasteiger partial charge in [0.2, 0.25) is 0 Å². The second kappa shape index (κ2) is 8.26. The molecule has 0 spiro atoms. The first-order chi connectivity index (χ1) is 12.2. The van der Waals surface area contributed by atoms with Crippen molar-refractivity contribution in [3.05, 3.63) is 64.7 Å². The first kappa shape index (κ1) is 19.8. The van der Waals surface area contributed by atoms with Gasteiger partial charge in [0.1, 0.15) is 12.6 Å². The van der Waals surface area contributed by atoms with Crippen LogP contribution in [-0.2, 0) is 10.0 Å². The van der Waals surface area contributed by atoms with Gasteiger partial charge in [-0.15, -0.1) is 0 Å². The molecule has 0 saturated heterocycles. The van der Waals surface area contributed by atoms with Crippen molar-refractivity contribution in [3.63, 3.8) is 0 Å². The Kier molecular flexibility index (Phi) is 6.30. The molecule has 0 heterocycles. The van der Waals surface area contributed by atoms with Gasteiger partial charge in [0, 0.05) is 12.1 Å². The summed E-state index contributed by atoms with van der Waals surface area (Å²) in [7, 11) is -0.306. The van der Waals surface area contributed by atoms with Crippen LogP contribution in [0.4, 0.5) is 11.4 Å². The maximum absolute atomic E-state index is 13.1. The zero-order valence-electron chi connectivity index (χ0n) is 14.6. The Morgan fingerprint density at radius 2 is 1.81 bits per heavy atom. The smallest absolute Gasteiger partial charge is 0.271 e. The molecular formula is C17H22N3O5S+. The lowest BCUT2D eigenvalue weighted by Gasteiger charge is -2.27. The molecule has 0 aromatic heterocycles. The molecule has 140 valence electrons. The van der Waals surface area contributed by atoms with E-state index in [9.17, 15) is 23.6 Å². The largest absolute Gasteiger partial charge is 0.385 e. The molecule has 0 fully saturated rings. The Balaban J connectivity index is 2.49. The molecule has 0 unspecified atom stereocenters. The normalized spacial score (nSPS) is 12.8. The second-order valence-electron chi connectivity index (χ2n) is 6.19. The van der Waals surface area contributed by atoms with Crippen molar-refractivity contribution in [1.29, 1.82) is 0 Å². The highest BCUT2D eigenvalue weighted by molar-refractivity contribution is 7.92. The quantitative estimate of drug-likeness (QED) is 0.506. The number of nitrogens with one attached hydrogen (secondary N) is 1. The molecule has 0 aliphatic rings. The van der Waals surface area contributed by atoms with Crippen LogP contribution in [0.5, 0.6) is 0 Å². The van der Waals surface area contributed by atoms with Crippen molar-refractivity contribution in [1.82, 2.24) is 0 Å². The minimum absolute atomic E-state index is 0.0518.